The van der Waals surface area contributed by atoms with E-state index in [4.69, 9.17) is 18.9 Å². The van der Waals surface area contributed by atoms with Crippen molar-refractivity contribution in [2.45, 2.75) is 25.7 Å². The first-order chi connectivity index (χ1) is 19.5. The van der Waals surface area contributed by atoms with Crippen LogP contribution in [0, 0.1) is 0 Å². The topological polar surface area (TPSA) is 88.1 Å². The maximum atomic E-state index is 12.2. The Bertz CT molecular complexity index is 1300. The van der Waals surface area contributed by atoms with E-state index in [-0.39, 0.29) is 5.97 Å². The van der Waals surface area contributed by atoms with Crippen LogP contribution >= 0.6 is 0 Å². The lowest BCUT2D eigenvalue weighted by Gasteiger charge is -2.08. The highest BCUT2D eigenvalue weighted by atomic mass is 16.5. The van der Waals surface area contributed by atoms with Crippen molar-refractivity contribution in [2.24, 2.45) is 0 Å². The standard InChI is InChI=1S/C33H32O7/c1-3-31(34)38-24-8-6-5-7-23-37-28-16-14-27(15-17-28)26-12-9-25(10-13-26)11-22-33(36)40-30-20-18-29(19-21-30)39-32(35)4-2/h3-4,9-22H,1-2,5-8,23-24H2. The molecule has 0 atom stereocenters. The fourth-order valence-electron chi connectivity index (χ4n) is 3.56. The lowest BCUT2D eigenvalue weighted by Crippen LogP contribution is -2.05. The lowest BCUT2D eigenvalue weighted by atomic mass is 10.0. The molecule has 3 rings (SSSR count). The van der Waals surface area contributed by atoms with Crippen molar-refractivity contribution in [2.75, 3.05) is 13.2 Å². The van der Waals surface area contributed by atoms with Gasteiger partial charge in [-0.1, -0.05) is 49.6 Å². The van der Waals surface area contributed by atoms with E-state index in [0.717, 1.165) is 54.2 Å². The van der Waals surface area contributed by atoms with E-state index < -0.39 is 11.9 Å². The Morgan fingerprint density at radius 2 is 1.07 bits per heavy atom. The van der Waals surface area contributed by atoms with Crippen molar-refractivity contribution >= 4 is 24.0 Å². The predicted octanol–water partition coefficient (Wildman–Crippen LogP) is 6.73. The monoisotopic (exact) mass is 540 g/mol. The van der Waals surface area contributed by atoms with Crippen LogP contribution in [0.5, 0.6) is 17.2 Å². The molecule has 3 aromatic rings. The minimum atomic E-state index is -0.564. The van der Waals surface area contributed by atoms with Gasteiger partial charge in [0.1, 0.15) is 17.2 Å². The Hall–Kier alpha value is -4.91. The number of hydrogen-bond donors (Lipinski definition) is 0. The quantitative estimate of drug-likeness (QED) is 0.0914. The van der Waals surface area contributed by atoms with Crippen molar-refractivity contribution < 1.29 is 33.3 Å². The molecular formula is C33H32O7. The Kier molecular flexibility index (Phi) is 12.0. The lowest BCUT2D eigenvalue weighted by molar-refractivity contribution is -0.138. The first-order valence-corrected chi connectivity index (χ1v) is 12.9. The Balaban J connectivity index is 1.39. The predicted molar refractivity (Wildman–Crippen MR) is 154 cm³/mol. The summed E-state index contributed by atoms with van der Waals surface area (Å²) in [4.78, 5) is 34.4. The van der Waals surface area contributed by atoms with Crippen LogP contribution in [0.25, 0.3) is 17.2 Å². The maximum Gasteiger partial charge on any atom is 0.336 e. The SMILES string of the molecule is C=CC(=O)OCCCCCCOc1ccc(-c2ccc(C=CC(=O)Oc3ccc(OC(=O)C=C)cc3)cc2)cc1. The van der Waals surface area contributed by atoms with E-state index in [0.29, 0.717) is 24.7 Å². The molecule has 0 unspecified atom stereocenters. The molecule has 0 bridgehead atoms. The van der Waals surface area contributed by atoms with Crippen LogP contribution in [-0.2, 0) is 19.1 Å². The third-order valence-corrected chi connectivity index (χ3v) is 5.66. The minimum Gasteiger partial charge on any atom is -0.494 e. The Labute approximate surface area is 234 Å². The summed E-state index contributed by atoms with van der Waals surface area (Å²) in [5.74, 6) is 0.00910. The van der Waals surface area contributed by atoms with E-state index in [1.54, 1.807) is 6.08 Å². The number of benzene rings is 3. The zero-order chi connectivity index (χ0) is 28.6. The van der Waals surface area contributed by atoms with Gasteiger partial charge in [-0.2, -0.15) is 0 Å². The fraction of sp³-hybridized carbons (Fsp3) is 0.182. The third kappa shape index (κ3) is 10.5. The highest BCUT2D eigenvalue weighted by Crippen LogP contribution is 2.24. The summed E-state index contributed by atoms with van der Waals surface area (Å²) in [6, 6.07) is 21.9. The Morgan fingerprint density at radius 1 is 0.575 bits per heavy atom. The molecule has 0 fully saturated rings. The van der Waals surface area contributed by atoms with Gasteiger partial charge in [0.15, 0.2) is 0 Å². The number of rotatable bonds is 15. The van der Waals surface area contributed by atoms with Gasteiger partial charge in [0.05, 0.1) is 13.2 Å². The smallest absolute Gasteiger partial charge is 0.336 e. The number of unbranched alkanes of at least 4 members (excludes halogenated alkanes) is 3. The summed E-state index contributed by atoms with van der Waals surface area (Å²) >= 11 is 0. The molecule has 0 heterocycles. The van der Waals surface area contributed by atoms with Crippen LogP contribution in [0.2, 0.25) is 0 Å². The summed E-state index contributed by atoms with van der Waals surface area (Å²) in [7, 11) is 0. The molecule has 0 amide bonds. The number of hydrogen-bond acceptors (Lipinski definition) is 7. The summed E-state index contributed by atoms with van der Waals surface area (Å²) < 4.78 is 21.0. The highest BCUT2D eigenvalue weighted by molar-refractivity contribution is 5.89. The Morgan fingerprint density at radius 3 is 1.65 bits per heavy atom. The van der Waals surface area contributed by atoms with Crippen molar-refractivity contribution in [1.29, 1.82) is 0 Å². The van der Waals surface area contributed by atoms with Crippen molar-refractivity contribution in [3.8, 4) is 28.4 Å². The third-order valence-electron chi connectivity index (χ3n) is 5.66. The molecule has 0 aliphatic heterocycles. The molecule has 7 nitrogen and oxygen atoms in total. The molecule has 206 valence electrons. The first-order valence-electron chi connectivity index (χ1n) is 12.9. The summed E-state index contributed by atoms with van der Waals surface area (Å²) in [5.41, 5.74) is 2.95. The van der Waals surface area contributed by atoms with Gasteiger partial charge in [0, 0.05) is 18.2 Å². The van der Waals surface area contributed by atoms with Crippen LogP contribution in [0.3, 0.4) is 0 Å². The van der Waals surface area contributed by atoms with Crippen molar-refractivity contribution in [3.05, 3.63) is 110 Å². The second kappa shape index (κ2) is 16.1. The van der Waals surface area contributed by atoms with Gasteiger partial charge in [-0.05, 0) is 84.8 Å². The van der Waals surface area contributed by atoms with Gasteiger partial charge in [-0.15, -0.1) is 0 Å². The summed E-state index contributed by atoms with van der Waals surface area (Å²) in [6.45, 7) is 7.76. The second-order valence-corrected chi connectivity index (χ2v) is 8.63. The number of carbonyl (C=O) groups excluding carboxylic acids is 3. The molecule has 3 aromatic carbocycles. The highest BCUT2D eigenvalue weighted by Gasteiger charge is 2.04. The van der Waals surface area contributed by atoms with E-state index in [1.165, 1.54) is 36.4 Å². The molecular weight excluding hydrogens is 508 g/mol. The molecule has 0 spiro atoms. The molecule has 0 N–H and O–H groups in total. The van der Waals surface area contributed by atoms with Crippen LogP contribution in [0.1, 0.15) is 31.2 Å². The number of esters is 3. The van der Waals surface area contributed by atoms with E-state index >= 15 is 0 Å². The molecule has 0 saturated carbocycles. The maximum absolute atomic E-state index is 12.2. The van der Waals surface area contributed by atoms with Crippen LogP contribution < -0.4 is 14.2 Å². The minimum absolute atomic E-state index is 0.330. The number of carbonyl (C=O) groups is 3. The summed E-state index contributed by atoms with van der Waals surface area (Å²) in [5, 5.41) is 0. The van der Waals surface area contributed by atoms with Gasteiger partial charge in [-0.3, -0.25) is 0 Å². The first kappa shape index (κ1) is 29.6. The van der Waals surface area contributed by atoms with Crippen LogP contribution in [0.15, 0.2) is 104 Å². The van der Waals surface area contributed by atoms with Crippen LogP contribution in [0.4, 0.5) is 0 Å². The molecule has 0 aliphatic rings. The molecule has 0 aromatic heterocycles. The average molecular weight is 541 g/mol. The van der Waals surface area contributed by atoms with Gasteiger partial charge >= 0.3 is 17.9 Å². The fourth-order valence-corrected chi connectivity index (χ4v) is 3.56. The van der Waals surface area contributed by atoms with Crippen LogP contribution in [-0.4, -0.2) is 31.1 Å². The van der Waals surface area contributed by atoms with Gasteiger partial charge in [0.2, 0.25) is 0 Å². The van der Waals surface area contributed by atoms with E-state index in [2.05, 4.69) is 13.2 Å². The van der Waals surface area contributed by atoms with Gasteiger partial charge < -0.3 is 18.9 Å². The molecule has 40 heavy (non-hydrogen) atoms. The zero-order valence-corrected chi connectivity index (χ0v) is 22.3. The second-order valence-electron chi connectivity index (χ2n) is 8.63. The van der Waals surface area contributed by atoms with E-state index in [1.807, 2.05) is 48.5 Å². The van der Waals surface area contributed by atoms with Crippen molar-refractivity contribution in [1.82, 2.24) is 0 Å². The molecule has 7 heteroatoms. The van der Waals surface area contributed by atoms with Gasteiger partial charge in [-0.25, -0.2) is 14.4 Å². The van der Waals surface area contributed by atoms with Gasteiger partial charge in [0.25, 0.3) is 0 Å². The molecule has 0 aliphatic carbocycles. The van der Waals surface area contributed by atoms with Crippen molar-refractivity contribution in [3.63, 3.8) is 0 Å². The van der Waals surface area contributed by atoms with E-state index in [9.17, 15) is 14.4 Å². The zero-order valence-electron chi connectivity index (χ0n) is 22.3. The number of ether oxygens (including phenoxy) is 4. The average Bonchev–Trinajstić information content (AvgIpc) is 2.98. The summed E-state index contributed by atoms with van der Waals surface area (Å²) in [6.07, 6.45) is 9.01. The molecule has 0 radical (unpaired) electrons. The normalized spacial score (nSPS) is 10.5. The molecule has 0 saturated heterocycles. The largest absolute Gasteiger partial charge is 0.494 e.